The van der Waals surface area contributed by atoms with Gasteiger partial charge in [-0.3, -0.25) is 9.59 Å². The van der Waals surface area contributed by atoms with Gasteiger partial charge in [0.2, 0.25) is 5.91 Å². The maximum Gasteiger partial charge on any atom is 0.254 e. The summed E-state index contributed by atoms with van der Waals surface area (Å²) in [7, 11) is 5.72. The Morgan fingerprint density at radius 3 is 2.70 bits per heavy atom. The standard InChI is InChI=1S/C18H27N3O2/c1-5-6-10-16-18(23)20(4)11-12-21(16)17(22)14-8-7-9-15(13-14)19(2)3/h7-9,13,16H,5-6,10-12H2,1-4H3/t16-/m1/s1. The number of amides is 2. The van der Waals surface area contributed by atoms with E-state index in [0.717, 1.165) is 24.9 Å². The number of benzene rings is 1. The van der Waals surface area contributed by atoms with E-state index < -0.39 is 0 Å². The van der Waals surface area contributed by atoms with Crippen molar-refractivity contribution in [1.82, 2.24) is 9.80 Å². The van der Waals surface area contributed by atoms with Crippen LogP contribution in [0.3, 0.4) is 0 Å². The van der Waals surface area contributed by atoms with Crippen molar-refractivity contribution in [2.75, 3.05) is 39.1 Å². The predicted octanol–water partition coefficient (Wildman–Crippen LogP) is 2.23. The average molecular weight is 317 g/mol. The molecule has 1 aromatic rings. The van der Waals surface area contributed by atoms with E-state index in [0.29, 0.717) is 18.7 Å². The Morgan fingerprint density at radius 2 is 2.04 bits per heavy atom. The SMILES string of the molecule is CCCC[C@@H]1C(=O)N(C)CCN1C(=O)c1cccc(N(C)C)c1. The number of unbranched alkanes of at least 4 members (excludes halogenated alkanes) is 1. The number of carbonyl (C=O) groups excluding carboxylic acids is 2. The molecule has 2 amide bonds. The van der Waals surface area contributed by atoms with E-state index in [2.05, 4.69) is 6.92 Å². The van der Waals surface area contributed by atoms with E-state index in [1.807, 2.05) is 50.3 Å². The summed E-state index contributed by atoms with van der Waals surface area (Å²) in [4.78, 5) is 30.9. The zero-order chi connectivity index (χ0) is 17.0. The molecule has 5 nitrogen and oxygen atoms in total. The van der Waals surface area contributed by atoms with Crippen LogP contribution in [0.15, 0.2) is 24.3 Å². The summed E-state index contributed by atoms with van der Waals surface area (Å²) in [6, 6.07) is 7.25. The molecule has 1 saturated heterocycles. The normalized spacial score (nSPS) is 18.3. The van der Waals surface area contributed by atoms with E-state index in [-0.39, 0.29) is 17.9 Å². The first-order chi connectivity index (χ1) is 11.0. The first-order valence-electron chi connectivity index (χ1n) is 8.29. The van der Waals surface area contributed by atoms with Gasteiger partial charge in [-0.2, -0.15) is 0 Å². The van der Waals surface area contributed by atoms with Gasteiger partial charge in [0.05, 0.1) is 0 Å². The molecule has 0 spiro atoms. The van der Waals surface area contributed by atoms with Crippen LogP contribution in [0.25, 0.3) is 0 Å². The van der Waals surface area contributed by atoms with Gasteiger partial charge in [0.1, 0.15) is 6.04 Å². The Hall–Kier alpha value is -2.04. The minimum absolute atomic E-state index is 0.0451. The number of hydrogen-bond acceptors (Lipinski definition) is 3. The molecule has 126 valence electrons. The van der Waals surface area contributed by atoms with Crippen molar-refractivity contribution in [2.45, 2.75) is 32.2 Å². The maximum atomic E-state index is 12.9. The van der Waals surface area contributed by atoms with Gasteiger partial charge in [-0.1, -0.05) is 25.8 Å². The Bertz CT molecular complexity index is 571. The molecule has 1 aliphatic heterocycles. The number of rotatable bonds is 5. The monoisotopic (exact) mass is 317 g/mol. The van der Waals surface area contributed by atoms with Gasteiger partial charge >= 0.3 is 0 Å². The highest BCUT2D eigenvalue weighted by atomic mass is 16.2. The van der Waals surface area contributed by atoms with Gasteiger partial charge in [-0.25, -0.2) is 0 Å². The molecule has 5 heteroatoms. The van der Waals surface area contributed by atoms with Crippen LogP contribution in [0.1, 0.15) is 36.5 Å². The minimum atomic E-state index is -0.329. The Balaban J connectivity index is 2.24. The lowest BCUT2D eigenvalue weighted by molar-refractivity contribution is -0.138. The van der Waals surface area contributed by atoms with E-state index in [9.17, 15) is 9.59 Å². The fourth-order valence-corrected chi connectivity index (χ4v) is 2.91. The van der Waals surface area contributed by atoms with Crippen molar-refractivity contribution in [3.05, 3.63) is 29.8 Å². The van der Waals surface area contributed by atoms with E-state index in [1.165, 1.54) is 0 Å². The summed E-state index contributed by atoms with van der Waals surface area (Å²) in [6.07, 6.45) is 2.70. The van der Waals surface area contributed by atoms with Crippen molar-refractivity contribution < 1.29 is 9.59 Å². The molecular weight excluding hydrogens is 290 g/mol. The number of nitrogens with zero attached hydrogens (tertiary/aromatic N) is 3. The second-order valence-corrected chi connectivity index (χ2v) is 6.36. The zero-order valence-electron chi connectivity index (χ0n) is 14.6. The molecule has 1 fully saturated rings. The van der Waals surface area contributed by atoms with Gasteiger partial charge < -0.3 is 14.7 Å². The third-order valence-electron chi connectivity index (χ3n) is 4.42. The van der Waals surface area contributed by atoms with Gasteiger partial charge in [0, 0.05) is 45.5 Å². The molecule has 0 N–H and O–H groups in total. The molecule has 0 bridgehead atoms. The molecule has 1 heterocycles. The Morgan fingerprint density at radius 1 is 1.30 bits per heavy atom. The van der Waals surface area contributed by atoms with Gasteiger partial charge in [0.25, 0.3) is 5.91 Å². The highest BCUT2D eigenvalue weighted by Gasteiger charge is 2.35. The van der Waals surface area contributed by atoms with Gasteiger partial charge in [-0.05, 0) is 24.6 Å². The molecule has 2 rings (SSSR count). The highest BCUT2D eigenvalue weighted by Crippen LogP contribution is 2.21. The molecule has 0 aliphatic carbocycles. The molecule has 23 heavy (non-hydrogen) atoms. The summed E-state index contributed by atoms with van der Waals surface area (Å²) in [5.74, 6) is 0.0121. The topological polar surface area (TPSA) is 43.9 Å². The quantitative estimate of drug-likeness (QED) is 0.836. The predicted molar refractivity (Wildman–Crippen MR) is 92.8 cm³/mol. The molecule has 1 aliphatic rings. The molecule has 0 radical (unpaired) electrons. The summed E-state index contributed by atoms with van der Waals surface area (Å²) in [5.41, 5.74) is 1.64. The third kappa shape index (κ3) is 3.84. The summed E-state index contributed by atoms with van der Waals surface area (Å²) in [5, 5.41) is 0. The van der Waals surface area contributed by atoms with E-state index >= 15 is 0 Å². The summed E-state index contributed by atoms with van der Waals surface area (Å²) < 4.78 is 0. The zero-order valence-corrected chi connectivity index (χ0v) is 14.6. The second-order valence-electron chi connectivity index (χ2n) is 6.36. The van der Waals surface area contributed by atoms with Crippen LogP contribution >= 0.6 is 0 Å². The van der Waals surface area contributed by atoms with Crippen LogP contribution in [0.5, 0.6) is 0 Å². The molecule has 1 aromatic carbocycles. The molecule has 1 atom stereocenters. The van der Waals surface area contributed by atoms with Crippen LogP contribution in [0.4, 0.5) is 5.69 Å². The van der Waals surface area contributed by atoms with Gasteiger partial charge in [0.15, 0.2) is 0 Å². The molecule has 0 saturated carbocycles. The van der Waals surface area contributed by atoms with Crippen molar-refractivity contribution in [2.24, 2.45) is 0 Å². The minimum Gasteiger partial charge on any atom is -0.378 e. The summed E-state index contributed by atoms with van der Waals surface area (Å²) >= 11 is 0. The maximum absolute atomic E-state index is 12.9. The lowest BCUT2D eigenvalue weighted by atomic mass is 10.0. The van der Waals surface area contributed by atoms with Crippen LogP contribution < -0.4 is 4.90 Å². The Kier molecular flexibility index (Phi) is 5.64. The lowest BCUT2D eigenvalue weighted by Gasteiger charge is -2.39. The largest absolute Gasteiger partial charge is 0.378 e. The Labute approximate surface area is 138 Å². The van der Waals surface area contributed by atoms with Crippen LogP contribution in [-0.4, -0.2) is 61.9 Å². The van der Waals surface area contributed by atoms with Crippen molar-refractivity contribution in [1.29, 1.82) is 0 Å². The number of hydrogen-bond donors (Lipinski definition) is 0. The number of piperazine rings is 1. The van der Waals surface area contributed by atoms with E-state index in [4.69, 9.17) is 0 Å². The number of anilines is 1. The van der Waals surface area contributed by atoms with Crippen molar-refractivity contribution in [3.63, 3.8) is 0 Å². The smallest absolute Gasteiger partial charge is 0.254 e. The first-order valence-corrected chi connectivity index (χ1v) is 8.29. The summed E-state index contributed by atoms with van der Waals surface area (Å²) in [6.45, 7) is 3.30. The highest BCUT2D eigenvalue weighted by molar-refractivity contribution is 5.98. The fraction of sp³-hybridized carbons (Fsp3) is 0.556. The van der Waals surface area contributed by atoms with Crippen LogP contribution in [0.2, 0.25) is 0 Å². The van der Waals surface area contributed by atoms with Gasteiger partial charge in [-0.15, -0.1) is 0 Å². The first kappa shape index (κ1) is 17.3. The average Bonchev–Trinajstić information content (AvgIpc) is 2.55. The van der Waals surface area contributed by atoms with Crippen LogP contribution in [-0.2, 0) is 4.79 Å². The molecular formula is C18H27N3O2. The molecule has 0 aromatic heterocycles. The van der Waals surface area contributed by atoms with Crippen molar-refractivity contribution in [3.8, 4) is 0 Å². The van der Waals surface area contributed by atoms with Crippen molar-refractivity contribution >= 4 is 17.5 Å². The van der Waals surface area contributed by atoms with Crippen LogP contribution in [0, 0.1) is 0 Å². The third-order valence-corrected chi connectivity index (χ3v) is 4.42. The number of likely N-dealkylation sites (N-methyl/N-ethyl adjacent to an activating group) is 1. The lowest BCUT2D eigenvalue weighted by Crippen LogP contribution is -2.57. The molecule has 0 unspecified atom stereocenters. The fourth-order valence-electron chi connectivity index (χ4n) is 2.91. The number of carbonyl (C=O) groups is 2. The van der Waals surface area contributed by atoms with E-state index in [1.54, 1.807) is 9.80 Å². The second kappa shape index (κ2) is 7.49.